The van der Waals surface area contributed by atoms with Crippen molar-refractivity contribution in [1.29, 1.82) is 0 Å². The topological polar surface area (TPSA) is 164 Å². The van der Waals surface area contributed by atoms with E-state index in [0.717, 1.165) is 30.4 Å². The van der Waals surface area contributed by atoms with E-state index >= 15 is 0 Å². The minimum Gasteiger partial charge on any atom is -0.479 e. The van der Waals surface area contributed by atoms with Gasteiger partial charge in [0.1, 0.15) is 29.8 Å². The van der Waals surface area contributed by atoms with Crippen molar-refractivity contribution in [1.82, 2.24) is 20.4 Å². The zero-order valence-electron chi connectivity index (χ0n) is 25.9. The van der Waals surface area contributed by atoms with Crippen molar-refractivity contribution in [3.05, 3.63) is 47.5 Å². The minimum atomic E-state index is -1.45. The number of carbonyl (C=O) groups is 5. The lowest BCUT2D eigenvalue weighted by atomic mass is 10.0. The highest BCUT2D eigenvalue weighted by molar-refractivity contribution is 5.96. The number of nitrogens with zero attached hydrogens (tertiary/aromatic N) is 2. The van der Waals surface area contributed by atoms with Crippen LogP contribution >= 0.6 is 0 Å². The van der Waals surface area contributed by atoms with Crippen molar-refractivity contribution in [2.45, 2.75) is 101 Å². The third-order valence-electron chi connectivity index (χ3n) is 9.72. The SMILES string of the molecule is O=C(N[C@H]1CCCCC/C=C/[C@@H]2C[C@@]2(C(=O)O)NC(=O)[C@@H]2C[C@@H](OC(=O)N3Cc4ccccc4C3)CN2C1=O)OC1CCOCC1. The van der Waals surface area contributed by atoms with Crippen LogP contribution in [0.3, 0.4) is 0 Å². The van der Waals surface area contributed by atoms with Crippen LogP contribution in [0, 0.1) is 5.92 Å². The van der Waals surface area contributed by atoms with Crippen molar-refractivity contribution in [2.24, 2.45) is 5.92 Å². The number of rotatable bonds is 4. The molecule has 1 aliphatic carbocycles. The predicted molar refractivity (Wildman–Crippen MR) is 162 cm³/mol. The lowest BCUT2D eigenvalue weighted by molar-refractivity contribution is -0.145. The van der Waals surface area contributed by atoms with Crippen LogP contribution in [0.15, 0.2) is 36.4 Å². The molecular formula is C33H42N4O9. The Hall–Kier alpha value is -4.13. The van der Waals surface area contributed by atoms with Gasteiger partial charge in [0.25, 0.3) is 0 Å². The van der Waals surface area contributed by atoms with Gasteiger partial charge in [-0.25, -0.2) is 14.4 Å². The molecule has 6 rings (SSSR count). The maximum Gasteiger partial charge on any atom is 0.410 e. The molecule has 3 N–H and O–H groups in total. The van der Waals surface area contributed by atoms with Crippen molar-refractivity contribution < 1.29 is 43.3 Å². The maximum absolute atomic E-state index is 14.2. The van der Waals surface area contributed by atoms with Gasteiger partial charge < -0.3 is 34.9 Å². The maximum atomic E-state index is 14.2. The van der Waals surface area contributed by atoms with Crippen molar-refractivity contribution in [3.63, 3.8) is 0 Å². The van der Waals surface area contributed by atoms with Gasteiger partial charge in [-0.1, -0.05) is 49.3 Å². The van der Waals surface area contributed by atoms with E-state index in [9.17, 15) is 29.1 Å². The van der Waals surface area contributed by atoms with Gasteiger partial charge in [-0.15, -0.1) is 0 Å². The fraction of sp³-hybridized carbons (Fsp3) is 0.606. The summed E-state index contributed by atoms with van der Waals surface area (Å²) in [6.07, 6.45) is 6.11. The van der Waals surface area contributed by atoms with Crippen molar-refractivity contribution in [3.8, 4) is 0 Å². The van der Waals surface area contributed by atoms with E-state index in [1.54, 1.807) is 4.90 Å². The van der Waals surface area contributed by atoms with Crippen LogP contribution < -0.4 is 10.6 Å². The van der Waals surface area contributed by atoms with Gasteiger partial charge in [0.15, 0.2) is 0 Å². The molecule has 0 aromatic heterocycles. The number of carbonyl (C=O) groups excluding carboxylic acids is 4. The number of alkyl carbamates (subject to hydrolysis) is 1. The second-order valence-corrected chi connectivity index (χ2v) is 12.9. The van der Waals surface area contributed by atoms with Gasteiger partial charge in [0.2, 0.25) is 11.8 Å². The minimum absolute atomic E-state index is 0.000449. The molecule has 13 nitrogen and oxygen atoms in total. The molecule has 2 saturated heterocycles. The molecule has 1 aromatic rings. The van der Waals surface area contributed by atoms with Gasteiger partial charge >= 0.3 is 18.2 Å². The first-order chi connectivity index (χ1) is 22.2. The molecule has 3 fully saturated rings. The van der Waals surface area contributed by atoms with E-state index < -0.39 is 53.7 Å². The summed E-state index contributed by atoms with van der Waals surface area (Å²) >= 11 is 0. The van der Waals surface area contributed by atoms with Crippen LogP contribution in [0.5, 0.6) is 0 Å². The Morgan fingerprint density at radius 3 is 2.43 bits per heavy atom. The Labute approximate surface area is 267 Å². The van der Waals surface area contributed by atoms with E-state index in [1.807, 2.05) is 36.4 Å². The number of benzene rings is 1. The molecule has 0 unspecified atom stereocenters. The van der Waals surface area contributed by atoms with E-state index in [1.165, 1.54) is 4.90 Å². The molecule has 13 heteroatoms. The molecule has 4 heterocycles. The second kappa shape index (κ2) is 13.7. The Morgan fingerprint density at radius 1 is 0.978 bits per heavy atom. The van der Waals surface area contributed by atoms with Gasteiger partial charge in [0, 0.05) is 38.3 Å². The first kappa shape index (κ1) is 31.8. The molecule has 0 bridgehead atoms. The molecule has 0 spiro atoms. The standard InChI is InChI=1S/C33H42N4O9/c38-28-27-16-25(46-32(43)36-18-21-8-6-7-9-22(21)19-36)20-37(27)29(39)26(34-31(42)45-24-12-14-44-15-13-24)11-5-3-1-2-4-10-23-17-33(23,35-28)30(40)41/h4,6-10,23-27H,1-3,5,11-20H2,(H,34,42)(H,35,38)(H,40,41)/b10-4+/t23-,25-,26+,27+,33-/m1/s1. The summed E-state index contributed by atoms with van der Waals surface area (Å²) in [5, 5.41) is 15.5. The van der Waals surface area contributed by atoms with Crippen LogP contribution in [0.25, 0.3) is 0 Å². The molecule has 1 saturated carbocycles. The number of aliphatic carboxylic acids is 1. The zero-order chi connectivity index (χ0) is 32.3. The predicted octanol–water partition coefficient (Wildman–Crippen LogP) is 2.86. The van der Waals surface area contributed by atoms with E-state index in [2.05, 4.69) is 10.6 Å². The first-order valence-electron chi connectivity index (χ1n) is 16.3. The lowest BCUT2D eigenvalue weighted by Crippen LogP contribution is -2.56. The molecule has 46 heavy (non-hydrogen) atoms. The molecule has 4 amide bonds. The number of hydrogen-bond acceptors (Lipinski definition) is 8. The zero-order valence-corrected chi connectivity index (χ0v) is 25.9. The third kappa shape index (κ3) is 6.98. The number of carboxylic acids is 1. The molecule has 0 radical (unpaired) electrons. The molecule has 248 valence electrons. The Bertz CT molecular complexity index is 1350. The molecule has 4 aliphatic heterocycles. The van der Waals surface area contributed by atoms with Crippen LogP contribution in [0.4, 0.5) is 9.59 Å². The van der Waals surface area contributed by atoms with Gasteiger partial charge in [-0.2, -0.15) is 0 Å². The summed E-state index contributed by atoms with van der Waals surface area (Å²) in [6, 6.07) is 5.66. The van der Waals surface area contributed by atoms with E-state index in [4.69, 9.17) is 14.2 Å². The number of amides is 4. The quantitative estimate of drug-likeness (QED) is 0.421. The van der Waals surface area contributed by atoms with Crippen LogP contribution in [0.1, 0.15) is 68.9 Å². The van der Waals surface area contributed by atoms with Crippen LogP contribution in [-0.4, -0.2) is 94.5 Å². The number of allylic oxidation sites excluding steroid dienone is 1. The van der Waals surface area contributed by atoms with Gasteiger partial charge in [-0.05, 0) is 36.8 Å². The third-order valence-corrected chi connectivity index (χ3v) is 9.72. The summed E-state index contributed by atoms with van der Waals surface area (Å²) in [7, 11) is 0. The normalized spacial score (nSPS) is 30.9. The summed E-state index contributed by atoms with van der Waals surface area (Å²) in [5.41, 5.74) is 0.604. The fourth-order valence-corrected chi connectivity index (χ4v) is 6.95. The Balaban J connectivity index is 1.20. The van der Waals surface area contributed by atoms with E-state index in [0.29, 0.717) is 52.0 Å². The molecule has 1 aromatic carbocycles. The lowest BCUT2D eigenvalue weighted by Gasteiger charge is -2.30. The van der Waals surface area contributed by atoms with Crippen molar-refractivity contribution in [2.75, 3.05) is 19.8 Å². The monoisotopic (exact) mass is 638 g/mol. The Morgan fingerprint density at radius 2 is 1.72 bits per heavy atom. The smallest absolute Gasteiger partial charge is 0.410 e. The Kier molecular flexibility index (Phi) is 9.48. The average molecular weight is 639 g/mol. The highest BCUT2D eigenvalue weighted by Crippen LogP contribution is 2.45. The number of ether oxygens (including phenoxy) is 3. The van der Waals surface area contributed by atoms with Gasteiger partial charge in [-0.3, -0.25) is 14.5 Å². The number of fused-ring (bicyclic) bond motifs is 3. The summed E-state index contributed by atoms with van der Waals surface area (Å²) in [5.74, 6) is -2.62. The number of carboxylic acid groups (broad SMARTS) is 1. The largest absolute Gasteiger partial charge is 0.479 e. The fourth-order valence-electron chi connectivity index (χ4n) is 6.95. The van der Waals surface area contributed by atoms with Gasteiger partial charge in [0.05, 0.1) is 19.8 Å². The molecule has 5 atom stereocenters. The van der Waals surface area contributed by atoms with E-state index in [-0.39, 0.29) is 31.4 Å². The summed E-state index contributed by atoms with van der Waals surface area (Å²) in [6.45, 7) is 1.69. The number of hydrogen-bond donors (Lipinski definition) is 3. The summed E-state index contributed by atoms with van der Waals surface area (Å²) in [4.78, 5) is 69.3. The van der Waals surface area contributed by atoms with Crippen LogP contribution in [0.2, 0.25) is 0 Å². The highest BCUT2D eigenvalue weighted by Gasteiger charge is 2.61. The molecular weight excluding hydrogens is 596 g/mol. The van der Waals surface area contributed by atoms with Crippen molar-refractivity contribution >= 4 is 30.0 Å². The van der Waals surface area contributed by atoms with Crippen LogP contribution in [-0.2, 0) is 41.7 Å². The molecule has 5 aliphatic rings. The number of nitrogens with one attached hydrogen (secondary N) is 2. The average Bonchev–Trinajstić information content (AvgIpc) is 3.34. The highest BCUT2D eigenvalue weighted by atomic mass is 16.6. The first-order valence-corrected chi connectivity index (χ1v) is 16.3. The second-order valence-electron chi connectivity index (χ2n) is 12.9. The summed E-state index contributed by atoms with van der Waals surface area (Å²) < 4.78 is 16.8.